The number of amides is 1. The second kappa shape index (κ2) is 9.31. The van der Waals surface area contributed by atoms with E-state index < -0.39 is 5.97 Å². The predicted molar refractivity (Wildman–Crippen MR) is 97.7 cm³/mol. The largest absolute Gasteiger partial charge is 0.493 e. The van der Waals surface area contributed by atoms with E-state index in [2.05, 4.69) is 5.32 Å². The molecule has 2 N–H and O–H groups in total. The van der Waals surface area contributed by atoms with E-state index in [1.54, 1.807) is 37.4 Å². The highest BCUT2D eigenvalue weighted by molar-refractivity contribution is 5.84. The third-order valence-electron chi connectivity index (χ3n) is 3.74. The van der Waals surface area contributed by atoms with Gasteiger partial charge in [0, 0.05) is 17.8 Å². The maximum absolute atomic E-state index is 12.3. The van der Waals surface area contributed by atoms with Gasteiger partial charge in [-0.1, -0.05) is 30.3 Å². The van der Waals surface area contributed by atoms with E-state index in [1.807, 2.05) is 18.2 Å². The quantitative estimate of drug-likeness (QED) is 0.712. The molecule has 0 saturated carbocycles. The Hall–Kier alpha value is -3.22. The summed E-state index contributed by atoms with van der Waals surface area (Å²) in [6.07, 6.45) is 0. The molecule has 0 heterocycles. The summed E-state index contributed by atoms with van der Waals surface area (Å²) in [5, 5.41) is 11.9. The first-order valence-electron chi connectivity index (χ1n) is 8.03. The van der Waals surface area contributed by atoms with Crippen molar-refractivity contribution in [2.45, 2.75) is 6.54 Å². The molecule has 0 radical (unpaired) electrons. The fourth-order valence-corrected chi connectivity index (χ4v) is 2.56. The van der Waals surface area contributed by atoms with Gasteiger partial charge in [0.05, 0.1) is 20.8 Å². The summed E-state index contributed by atoms with van der Waals surface area (Å²) < 4.78 is 10.6. The maximum atomic E-state index is 12.3. The predicted octanol–water partition coefficient (Wildman–Crippen LogP) is 1.91. The first kappa shape index (κ1) is 19.1. The van der Waals surface area contributed by atoms with Crippen molar-refractivity contribution in [2.24, 2.45) is 0 Å². The second-order valence-corrected chi connectivity index (χ2v) is 5.51. The molecule has 0 aliphatic rings. The lowest BCUT2D eigenvalue weighted by atomic mass is 10.2. The number of carboxylic acid groups (broad SMARTS) is 1. The number of para-hydroxylation sites is 2. The smallest absolute Gasteiger partial charge is 0.323 e. The van der Waals surface area contributed by atoms with Crippen molar-refractivity contribution < 1.29 is 24.2 Å². The summed E-state index contributed by atoms with van der Waals surface area (Å²) in [5.41, 5.74) is 1.44. The van der Waals surface area contributed by atoms with Gasteiger partial charge in [-0.05, 0) is 18.2 Å². The van der Waals surface area contributed by atoms with Crippen LogP contribution in [0.4, 0.5) is 5.69 Å². The standard InChI is InChI=1S/C19H22N2O5/c1-25-16-10-6-7-14(19(16)26-2)11-20-17(22)12-21(13-18(23)24)15-8-4-3-5-9-15/h3-10H,11-13H2,1-2H3,(H,20,22)(H,23,24). The summed E-state index contributed by atoms with van der Waals surface area (Å²) >= 11 is 0. The zero-order chi connectivity index (χ0) is 18.9. The van der Waals surface area contributed by atoms with E-state index in [1.165, 1.54) is 12.0 Å². The molecule has 0 fully saturated rings. The van der Waals surface area contributed by atoms with Crippen molar-refractivity contribution in [1.29, 1.82) is 0 Å². The van der Waals surface area contributed by atoms with Gasteiger partial charge in [-0.2, -0.15) is 0 Å². The van der Waals surface area contributed by atoms with Crippen LogP contribution in [0.3, 0.4) is 0 Å². The van der Waals surface area contributed by atoms with Crippen molar-refractivity contribution in [3.63, 3.8) is 0 Å². The van der Waals surface area contributed by atoms with Gasteiger partial charge in [0.25, 0.3) is 0 Å². The third-order valence-corrected chi connectivity index (χ3v) is 3.74. The Morgan fingerprint density at radius 1 is 1.00 bits per heavy atom. The molecule has 0 aliphatic heterocycles. The van der Waals surface area contributed by atoms with Crippen molar-refractivity contribution in [1.82, 2.24) is 5.32 Å². The first-order chi connectivity index (χ1) is 12.5. The van der Waals surface area contributed by atoms with Crippen molar-refractivity contribution >= 4 is 17.6 Å². The Morgan fingerprint density at radius 2 is 1.73 bits per heavy atom. The van der Waals surface area contributed by atoms with Gasteiger partial charge in [0.2, 0.25) is 5.91 Å². The van der Waals surface area contributed by atoms with Crippen LogP contribution in [0.25, 0.3) is 0 Å². The van der Waals surface area contributed by atoms with Gasteiger partial charge >= 0.3 is 5.97 Å². The van der Waals surface area contributed by atoms with Crippen LogP contribution in [0, 0.1) is 0 Å². The number of aliphatic carboxylic acids is 1. The number of benzene rings is 2. The normalized spacial score (nSPS) is 10.1. The van der Waals surface area contributed by atoms with Crippen LogP contribution < -0.4 is 19.7 Å². The summed E-state index contributed by atoms with van der Waals surface area (Å²) in [6, 6.07) is 14.4. The van der Waals surface area contributed by atoms with Crippen LogP contribution in [0.2, 0.25) is 0 Å². The van der Waals surface area contributed by atoms with Gasteiger partial charge < -0.3 is 24.8 Å². The molecular weight excluding hydrogens is 336 g/mol. The van der Waals surface area contributed by atoms with E-state index in [0.29, 0.717) is 17.2 Å². The topological polar surface area (TPSA) is 88.1 Å². The van der Waals surface area contributed by atoms with Crippen molar-refractivity contribution in [3.8, 4) is 11.5 Å². The number of carboxylic acids is 1. The molecule has 138 valence electrons. The zero-order valence-electron chi connectivity index (χ0n) is 14.8. The molecular formula is C19H22N2O5. The van der Waals surface area contributed by atoms with Crippen LogP contribution >= 0.6 is 0 Å². The lowest BCUT2D eigenvalue weighted by Crippen LogP contribution is -2.39. The van der Waals surface area contributed by atoms with Gasteiger partial charge in [0.1, 0.15) is 6.54 Å². The minimum Gasteiger partial charge on any atom is -0.493 e. The average molecular weight is 358 g/mol. The minimum absolute atomic E-state index is 0.0669. The van der Waals surface area contributed by atoms with Crippen molar-refractivity contribution in [2.75, 3.05) is 32.2 Å². The number of hydrogen-bond acceptors (Lipinski definition) is 5. The number of nitrogens with zero attached hydrogens (tertiary/aromatic N) is 1. The molecule has 7 nitrogen and oxygen atoms in total. The molecule has 0 spiro atoms. The summed E-state index contributed by atoms with van der Waals surface area (Å²) in [5.74, 6) is -0.159. The number of anilines is 1. The molecule has 26 heavy (non-hydrogen) atoms. The number of methoxy groups -OCH3 is 2. The molecule has 0 aliphatic carbocycles. The Labute approximate surface area is 152 Å². The number of rotatable bonds is 9. The highest BCUT2D eigenvalue weighted by Crippen LogP contribution is 2.30. The monoisotopic (exact) mass is 358 g/mol. The molecule has 0 bridgehead atoms. The van der Waals surface area contributed by atoms with Crippen LogP contribution in [0.1, 0.15) is 5.56 Å². The fraction of sp³-hybridized carbons (Fsp3) is 0.263. The SMILES string of the molecule is COc1cccc(CNC(=O)CN(CC(=O)O)c2ccccc2)c1OC. The number of carbonyl (C=O) groups excluding carboxylic acids is 1. The van der Waals surface area contributed by atoms with E-state index in [9.17, 15) is 9.59 Å². The molecule has 2 aromatic rings. The minimum atomic E-state index is -1.00. The van der Waals surface area contributed by atoms with E-state index in [-0.39, 0.29) is 25.5 Å². The summed E-state index contributed by atoms with van der Waals surface area (Å²) in [4.78, 5) is 24.9. The number of hydrogen-bond donors (Lipinski definition) is 2. The Bertz CT molecular complexity index is 749. The third kappa shape index (κ3) is 5.14. The van der Waals surface area contributed by atoms with Crippen molar-refractivity contribution in [3.05, 3.63) is 54.1 Å². The second-order valence-electron chi connectivity index (χ2n) is 5.51. The summed E-state index contributed by atoms with van der Waals surface area (Å²) in [6.45, 7) is -0.0859. The number of carbonyl (C=O) groups is 2. The Morgan fingerprint density at radius 3 is 2.35 bits per heavy atom. The van der Waals surface area contributed by atoms with Gasteiger partial charge in [-0.25, -0.2) is 0 Å². The zero-order valence-corrected chi connectivity index (χ0v) is 14.8. The lowest BCUT2D eigenvalue weighted by Gasteiger charge is -2.22. The molecule has 0 unspecified atom stereocenters. The van der Waals surface area contributed by atoms with Gasteiger partial charge in [0.15, 0.2) is 11.5 Å². The van der Waals surface area contributed by atoms with E-state index >= 15 is 0 Å². The molecule has 0 saturated heterocycles. The Kier molecular flexibility index (Phi) is 6.84. The van der Waals surface area contributed by atoms with Crippen LogP contribution in [-0.4, -0.2) is 44.3 Å². The van der Waals surface area contributed by atoms with Gasteiger partial charge in [-0.15, -0.1) is 0 Å². The first-order valence-corrected chi connectivity index (χ1v) is 8.03. The molecule has 7 heteroatoms. The van der Waals surface area contributed by atoms with E-state index in [4.69, 9.17) is 14.6 Å². The van der Waals surface area contributed by atoms with Crippen LogP contribution in [-0.2, 0) is 16.1 Å². The summed E-state index contributed by atoms with van der Waals surface area (Å²) in [7, 11) is 3.08. The molecule has 2 rings (SSSR count). The highest BCUT2D eigenvalue weighted by atomic mass is 16.5. The van der Waals surface area contributed by atoms with E-state index in [0.717, 1.165) is 5.56 Å². The van der Waals surface area contributed by atoms with Crippen LogP contribution in [0.5, 0.6) is 11.5 Å². The number of ether oxygens (including phenoxy) is 2. The molecule has 1 amide bonds. The Balaban J connectivity index is 2.04. The highest BCUT2D eigenvalue weighted by Gasteiger charge is 2.16. The van der Waals surface area contributed by atoms with Gasteiger partial charge in [-0.3, -0.25) is 9.59 Å². The van der Waals surface area contributed by atoms with Crippen LogP contribution in [0.15, 0.2) is 48.5 Å². The molecule has 0 aromatic heterocycles. The maximum Gasteiger partial charge on any atom is 0.323 e. The molecule has 2 aromatic carbocycles. The number of nitrogens with one attached hydrogen (secondary N) is 1. The molecule has 0 atom stereocenters. The lowest BCUT2D eigenvalue weighted by molar-refractivity contribution is -0.135. The average Bonchev–Trinajstić information content (AvgIpc) is 2.65. The fourth-order valence-electron chi connectivity index (χ4n) is 2.56.